The molecule has 2 aromatic rings. The molecule has 1 aromatic carbocycles. The molecule has 3 nitrogen and oxygen atoms in total. The molecule has 134 valence electrons. The number of aliphatic hydroxyl groups excluding tert-OH is 1. The van der Waals surface area contributed by atoms with E-state index in [1.165, 1.54) is 22.5 Å². The highest BCUT2D eigenvalue weighted by Gasteiger charge is 2.35. The van der Waals surface area contributed by atoms with Crippen LogP contribution in [-0.4, -0.2) is 35.5 Å². The summed E-state index contributed by atoms with van der Waals surface area (Å²) in [5.41, 5.74) is 2.24. The molecule has 25 heavy (non-hydrogen) atoms. The number of benzene rings is 1. The molecule has 0 aliphatic carbocycles. The summed E-state index contributed by atoms with van der Waals surface area (Å²) in [5.74, 6) is 0.126. The topological polar surface area (TPSA) is 40.5 Å². The number of carbonyl (C=O) groups excluding carboxylic acids is 1. The maximum absolute atomic E-state index is 11.5. The zero-order valence-corrected chi connectivity index (χ0v) is 16.1. The number of piperidine rings is 1. The van der Waals surface area contributed by atoms with Gasteiger partial charge in [-0.05, 0) is 67.4 Å². The van der Waals surface area contributed by atoms with Gasteiger partial charge in [-0.25, -0.2) is 0 Å². The van der Waals surface area contributed by atoms with Gasteiger partial charge in [0.1, 0.15) is 0 Å². The standard InChI is InChI=1S/C20H24ClNO2S/c1-15(24)19-9-17(12-25-19)11-22-7-3-6-20(13-22,14-23)10-16-4-2-5-18(21)8-16/h2,4-5,8-9,12,23H,3,6-7,10-11,13-14H2,1H3/t20-/m1/s1. The van der Waals surface area contributed by atoms with Crippen LogP contribution in [0.1, 0.15) is 40.6 Å². The summed E-state index contributed by atoms with van der Waals surface area (Å²) in [7, 11) is 0. The minimum atomic E-state index is -0.123. The normalized spacial score (nSPS) is 21.4. The summed E-state index contributed by atoms with van der Waals surface area (Å²) in [6.07, 6.45) is 2.93. The average molecular weight is 378 g/mol. The third kappa shape index (κ3) is 4.70. The van der Waals surface area contributed by atoms with Gasteiger partial charge < -0.3 is 5.11 Å². The largest absolute Gasteiger partial charge is 0.396 e. The number of Topliss-reactive ketones (excluding diaryl/α,β-unsaturated/α-hetero) is 1. The number of halogens is 1. The molecule has 1 fully saturated rings. The monoisotopic (exact) mass is 377 g/mol. The molecule has 0 radical (unpaired) electrons. The van der Waals surface area contributed by atoms with Crippen LogP contribution >= 0.6 is 22.9 Å². The van der Waals surface area contributed by atoms with Crippen LogP contribution in [0.4, 0.5) is 0 Å². The van der Waals surface area contributed by atoms with E-state index in [0.29, 0.717) is 0 Å². The van der Waals surface area contributed by atoms with E-state index in [0.717, 1.165) is 48.8 Å². The highest BCUT2D eigenvalue weighted by atomic mass is 35.5. The lowest BCUT2D eigenvalue weighted by Gasteiger charge is -2.42. The van der Waals surface area contributed by atoms with Crippen LogP contribution in [0.3, 0.4) is 0 Å². The van der Waals surface area contributed by atoms with Crippen molar-refractivity contribution < 1.29 is 9.90 Å². The van der Waals surface area contributed by atoms with E-state index in [1.54, 1.807) is 6.92 Å². The Morgan fingerprint density at radius 2 is 2.20 bits per heavy atom. The average Bonchev–Trinajstić information content (AvgIpc) is 3.04. The summed E-state index contributed by atoms with van der Waals surface area (Å²) < 4.78 is 0. The molecule has 1 aromatic heterocycles. The fraction of sp³-hybridized carbons (Fsp3) is 0.450. The highest BCUT2D eigenvalue weighted by molar-refractivity contribution is 7.12. The molecule has 1 saturated heterocycles. The third-order valence-electron chi connectivity index (χ3n) is 4.95. The molecular formula is C20H24ClNO2S. The molecule has 1 N–H and O–H groups in total. The van der Waals surface area contributed by atoms with Gasteiger partial charge in [0.25, 0.3) is 0 Å². The van der Waals surface area contributed by atoms with Gasteiger partial charge in [0.2, 0.25) is 0 Å². The Balaban J connectivity index is 1.70. The van der Waals surface area contributed by atoms with Crippen molar-refractivity contribution in [1.29, 1.82) is 0 Å². The first-order valence-electron chi connectivity index (χ1n) is 8.66. The lowest BCUT2D eigenvalue weighted by atomic mass is 9.75. The van der Waals surface area contributed by atoms with Gasteiger partial charge >= 0.3 is 0 Å². The lowest BCUT2D eigenvalue weighted by Crippen LogP contribution is -2.46. The summed E-state index contributed by atoms with van der Waals surface area (Å²) in [5, 5.41) is 12.9. The Hall–Kier alpha value is -1.20. The molecule has 1 aliphatic rings. The van der Waals surface area contributed by atoms with E-state index in [2.05, 4.69) is 16.3 Å². The number of hydrogen-bond donors (Lipinski definition) is 1. The molecule has 0 saturated carbocycles. The maximum atomic E-state index is 11.5. The zero-order valence-electron chi connectivity index (χ0n) is 14.5. The second kappa shape index (κ2) is 8.00. The van der Waals surface area contributed by atoms with Crippen LogP contribution in [0.25, 0.3) is 0 Å². The van der Waals surface area contributed by atoms with Crippen molar-refractivity contribution in [3.63, 3.8) is 0 Å². The number of thiophene rings is 1. The van der Waals surface area contributed by atoms with Gasteiger partial charge in [-0.2, -0.15) is 0 Å². The smallest absolute Gasteiger partial charge is 0.169 e. The molecule has 1 aliphatic heterocycles. The lowest BCUT2D eigenvalue weighted by molar-refractivity contribution is 0.0289. The van der Waals surface area contributed by atoms with Gasteiger partial charge in [0.05, 0.1) is 11.5 Å². The van der Waals surface area contributed by atoms with Crippen LogP contribution in [0.5, 0.6) is 0 Å². The van der Waals surface area contributed by atoms with Gasteiger partial charge in [-0.15, -0.1) is 11.3 Å². The predicted octanol–water partition coefficient (Wildman–Crippen LogP) is 4.42. The van der Waals surface area contributed by atoms with Gasteiger partial charge in [-0.3, -0.25) is 9.69 Å². The minimum absolute atomic E-state index is 0.123. The second-order valence-corrected chi connectivity index (χ2v) is 8.50. The molecule has 1 atom stereocenters. The number of aliphatic hydroxyl groups is 1. The van der Waals surface area contributed by atoms with E-state index < -0.39 is 0 Å². The van der Waals surface area contributed by atoms with Crippen molar-refractivity contribution in [2.45, 2.75) is 32.7 Å². The number of rotatable bonds is 6. The number of likely N-dealkylation sites (tertiary alicyclic amines) is 1. The quantitative estimate of drug-likeness (QED) is 0.757. The maximum Gasteiger partial charge on any atom is 0.169 e. The molecule has 0 unspecified atom stereocenters. The fourth-order valence-electron chi connectivity index (χ4n) is 3.76. The Bertz CT molecular complexity index is 745. The zero-order chi connectivity index (χ0) is 17.9. The molecule has 0 amide bonds. The van der Waals surface area contributed by atoms with Crippen LogP contribution in [0.2, 0.25) is 5.02 Å². The van der Waals surface area contributed by atoms with Crippen LogP contribution < -0.4 is 0 Å². The van der Waals surface area contributed by atoms with E-state index in [9.17, 15) is 9.90 Å². The highest BCUT2D eigenvalue weighted by Crippen LogP contribution is 2.34. The van der Waals surface area contributed by atoms with E-state index in [-0.39, 0.29) is 17.8 Å². The Morgan fingerprint density at radius 1 is 1.36 bits per heavy atom. The number of carbonyl (C=O) groups is 1. The molecule has 0 bridgehead atoms. The molecule has 5 heteroatoms. The Morgan fingerprint density at radius 3 is 2.88 bits per heavy atom. The van der Waals surface area contributed by atoms with Crippen molar-refractivity contribution in [2.24, 2.45) is 5.41 Å². The number of nitrogens with zero attached hydrogens (tertiary/aromatic N) is 1. The molecule has 0 spiro atoms. The van der Waals surface area contributed by atoms with Gasteiger partial charge in [-0.1, -0.05) is 23.7 Å². The van der Waals surface area contributed by atoms with Crippen LogP contribution in [0, 0.1) is 5.41 Å². The van der Waals surface area contributed by atoms with Gasteiger partial charge in [0.15, 0.2) is 5.78 Å². The summed E-state index contributed by atoms with van der Waals surface area (Å²) in [4.78, 5) is 14.7. The van der Waals surface area contributed by atoms with Crippen molar-refractivity contribution in [1.82, 2.24) is 4.90 Å². The van der Waals surface area contributed by atoms with Crippen molar-refractivity contribution >= 4 is 28.7 Å². The Labute approximate surface area is 158 Å². The third-order valence-corrected chi connectivity index (χ3v) is 6.27. The van der Waals surface area contributed by atoms with Crippen molar-refractivity contribution in [3.05, 3.63) is 56.7 Å². The van der Waals surface area contributed by atoms with Crippen LogP contribution in [0.15, 0.2) is 35.7 Å². The van der Waals surface area contributed by atoms with Crippen molar-refractivity contribution in [2.75, 3.05) is 19.7 Å². The first-order chi connectivity index (χ1) is 12.0. The summed E-state index contributed by atoms with van der Waals surface area (Å²) in [6, 6.07) is 9.93. The minimum Gasteiger partial charge on any atom is -0.396 e. The van der Waals surface area contributed by atoms with Gasteiger partial charge in [0, 0.05) is 23.5 Å². The summed E-state index contributed by atoms with van der Waals surface area (Å²) >= 11 is 7.63. The molecule has 2 heterocycles. The first kappa shape index (κ1) is 18.6. The predicted molar refractivity (Wildman–Crippen MR) is 104 cm³/mol. The molecular weight excluding hydrogens is 354 g/mol. The van der Waals surface area contributed by atoms with Crippen molar-refractivity contribution in [3.8, 4) is 0 Å². The summed E-state index contributed by atoms with van der Waals surface area (Å²) in [6.45, 7) is 4.52. The SMILES string of the molecule is CC(=O)c1cc(CN2CCC[C@@](CO)(Cc3cccc(Cl)c3)C2)cs1. The fourth-order valence-corrected chi connectivity index (χ4v) is 4.77. The van der Waals surface area contributed by atoms with E-state index >= 15 is 0 Å². The van der Waals surface area contributed by atoms with E-state index in [4.69, 9.17) is 11.6 Å². The molecule has 3 rings (SSSR count). The van der Waals surface area contributed by atoms with E-state index in [1.807, 2.05) is 24.3 Å². The van der Waals surface area contributed by atoms with Crippen LogP contribution in [-0.2, 0) is 13.0 Å². The first-order valence-corrected chi connectivity index (χ1v) is 9.91. The second-order valence-electron chi connectivity index (χ2n) is 7.15. The number of ketones is 1. The number of hydrogen-bond acceptors (Lipinski definition) is 4. The Kier molecular flexibility index (Phi) is 5.95.